The molecule has 0 bridgehead atoms. The minimum atomic E-state index is -0.607. The average Bonchev–Trinajstić information content (AvgIpc) is 2.36. The Balaban J connectivity index is 2.73. The number of hydrogen-bond acceptors (Lipinski definition) is 5. The highest BCUT2D eigenvalue weighted by molar-refractivity contribution is 5.99. The lowest BCUT2D eigenvalue weighted by atomic mass is 9.97. The van der Waals surface area contributed by atoms with Crippen LogP contribution in [0.4, 0.5) is 4.79 Å². The van der Waals surface area contributed by atoms with E-state index in [1.54, 1.807) is 20.8 Å². The molecule has 1 amide bonds. The molecule has 20 heavy (non-hydrogen) atoms. The smallest absolute Gasteiger partial charge is 0.410 e. The monoisotopic (exact) mass is 285 g/mol. The van der Waals surface area contributed by atoms with Crippen LogP contribution in [-0.4, -0.2) is 48.0 Å². The molecule has 0 aromatic heterocycles. The van der Waals surface area contributed by atoms with Crippen molar-refractivity contribution >= 4 is 17.8 Å². The van der Waals surface area contributed by atoms with Crippen molar-refractivity contribution < 1.29 is 23.9 Å². The summed E-state index contributed by atoms with van der Waals surface area (Å²) < 4.78 is 9.80. The number of carbonyl (C=O) groups excluding carboxylic acids is 3. The minimum absolute atomic E-state index is 0.289. The molecule has 0 spiro atoms. The highest BCUT2D eigenvalue weighted by Crippen LogP contribution is 2.22. The Hall–Kier alpha value is -1.59. The van der Waals surface area contributed by atoms with Crippen molar-refractivity contribution in [1.82, 2.24) is 4.90 Å². The van der Waals surface area contributed by atoms with Crippen LogP contribution in [0.25, 0.3) is 0 Å². The van der Waals surface area contributed by atoms with Gasteiger partial charge in [0.25, 0.3) is 0 Å². The van der Waals surface area contributed by atoms with Gasteiger partial charge in [0.1, 0.15) is 12.0 Å². The maximum absolute atomic E-state index is 12.1. The fraction of sp³-hybridized carbons (Fsp3) is 0.786. The van der Waals surface area contributed by atoms with E-state index in [1.807, 2.05) is 0 Å². The standard InChI is InChI=1S/C14H23NO5/c1-14(2,3)20-13(18)15-8-6-5-7-10(15)11(16)9-12(17)19-4/h10H,5-9H2,1-4H3/t10-/m0/s1. The molecule has 0 radical (unpaired) electrons. The normalized spacial score (nSPS) is 19.4. The van der Waals surface area contributed by atoms with Crippen LogP contribution in [0.5, 0.6) is 0 Å². The first-order chi connectivity index (χ1) is 9.24. The molecular weight excluding hydrogens is 262 g/mol. The zero-order valence-electron chi connectivity index (χ0n) is 12.6. The minimum Gasteiger partial charge on any atom is -0.469 e. The highest BCUT2D eigenvalue weighted by Gasteiger charge is 2.35. The van der Waals surface area contributed by atoms with E-state index in [1.165, 1.54) is 12.0 Å². The highest BCUT2D eigenvalue weighted by atomic mass is 16.6. The number of amides is 1. The fourth-order valence-electron chi connectivity index (χ4n) is 2.14. The zero-order chi connectivity index (χ0) is 15.3. The van der Waals surface area contributed by atoms with Crippen molar-refractivity contribution in [3.8, 4) is 0 Å². The van der Waals surface area contributed by atoms with Crippen molar-refractivity contribution in [2.24, 2.45) is 0 Å². The van der Waals surface area contributed by atoms with Crippen LogP contribution in [-0.2, 0) is 19.1 Å². The van der Waals surface area contributed by atoms with E-state index in [4.69, 9.17) is 4.74 Å². The zero-order valence-corrected chi connectivity index (χ0v) is 12.6. The molecule has 1 rings (SSSR count). The van der Waals surface area contributed by atoms with Crippen LogP contribution < -0.4 is 0 Å². The number of likely N-dealkylation sites (tertiary alicyclic amines) is 1. The van der Waals surface area contributed by atoms with Gasteiger partial charge in [-0.3, -0.25) is 14.5 Å². The van der Waals surface area contributed by atoms with Crippen molar-refractivity contribution in [3.05, 3.63) is 0 Å². The average molecular weight is 285 g/mol. The SMILES string of the molecule is COC(=O)CC(=O)[C@@H]1CCCCN1C(=O)OC(C)(C)C. The number of methoxy groups -OCH3 is 1. The van der Waals surface area contributed by atoms with Crippen molar-refractivity contribution in [3.63, 3.8) is 0 Å². The van der Waals surface area contributed by atoms with Crippen LogP contribution in [0.2, 0.25) is 0 Å². The molecule has 1 aliphatic rings. The summed E-state index contributed by atoms with van der Waals surface area (Å²) in [6.07, 6.45) is 1.45. The van der Waals surface area contributed by atoms with E-state index in [0.29, 0.717) is 13.0 Å². The van der Waals surface area contributed by atoms with Gasteiger partial charge in [-0.15, -0.1) is 0 Å². The summed E-state index contributed by atoms with van der Waals surface area (Å²) in [6, 6.07) is -0.585. The summed E-state index contributed by atoms with van der Waals surface area (Å²) in [5, 5.41) is 0. The number of rotatable bonds is 3. The molecule has 1 aliphatic heterocycles. The molecular formula is C14H23NO5. The van der Waals surface area contributed by atoms with E-state index < -0.39 is 23.7 Å². The summed E-state index contributed by atoms with van der Waals surface area (Å²) >= 11 is 0. The second-order valence-corrected chi connectivity index (χ2v) is 5.90. The number of esters is 1. The predicted molar refractivity (Wildman–Crippen MR) is 72.2 cm³/mol. The predicted octanol–water partition coefficient (Wildman–Crippen LogP) is 1.91. The van der Waals surface area contributed by atoms with Gasteiger partial charge in [0.2, 0.25) is 0 Å². The van der Waals surface area contributed by atoms with Crippen LogP contribution in [0, 0.1) is 0 Å². The number of carbonyl (C=O) groups is 3. The van der Waals surface area contributed by atoms with Gasteiger partial charge in [-0.1, -0.05) is 0 Å². The Bertz CT molecular complexity index is 386. The second-order valence-electron chi connectivity index (χ2n) is 5.90. The lowest BCUT2D eigenvalue weighted by Crippen LogP contribution is -2.50. The Morgan fingerprint density at radius 2 is 1.85 bits per heavy atom. The molecule has 1 saturated heterocycles. The fourth-order valence-corrected chi connectivity index (χ4v) is 2.14. The van der Waals surface area contributed by atoms with Gasteiger partial charge in [-0.2, -0.15) is 0 Å². The maximum Gasteiger partial charge on any atom is 0.410 e. The topological polar surface area (TPSA) is 72.9 Å². The summed E-state index contributed by atoms with van der Waals surface area (Å²) in [6.45, 7) is 5.81. The Morgan fingerprint density at radius 1 is 1.20 bits per heavy atom. The largest absolute Gasteiger partial charge is 0.469 e. The molecule has 0 aromatic rings. The molecule has 0 aliphatic carbocycles. The molecule has 0 aromatic carbocycles. The third kappa shape index (κ3) is 4.83. The van der Waals surface area contributed by atoms with E-state index in [-0.39, 0.29) is 12.2 Å². The molecule has 1 atom stereocenters. The molecule has 6 heteroatoms. The first-order valence-electron chi connectivity index (χ1n) is 6.84. The molecule has 0 N–H and O–H groups in total. The lowest BCUT2D eigenvalue weighted by Gasteiger charge is -2.35. The van der Waals surface area contributed by atoms with Gasteiger partial charge in [0.05, 0.1) is 13.2 Å². The molecule has 0 saturated carbocycles. The van der Waals surface area contributed by atoms with Crippen molar-refractivity contribution in [2.45, 2.75) is 58.1 Å². The van der Waals surface area contributed by atoms with Crippen LogP contribution in [0.15, 0.2) is 0 Å². The third-order valence-corrected chi connectivity index (χ3v) is 3.05. The third-order valence-electron chi connectivity index (χ3n) is 3.05. The molecule has 0 unspecified atom stereocenters. The van der Waals surface area contributed by atoms with Gasteiger partial charge >= 0.3 is 12.1 Å². The number of nitrogens with zero attached hydrogens (tertiary/aromatic N) is 1. The molecule has 6 nitrogen and oxygen atoms in total. The number of Topliss-reactive ketones (excluding diaryl/α,β-unsaturated/α-hetero) is 1. The van der Waals surface area contributed by atoms with E-state index in [2.05, 4.69) is 4.74 Å². The number of hydrogen-bond donors (Lipinski definition) is 0. The Kier molecular flexibility index (Phi) is 5.53. The maximum atomic E-state index is 12.1. The van der Waals surface area contributed by atoms with Gasteiger partial charge in [0.15, 0.2) is 5.78 Å². The summed E-state index contributed by atoms with van der Waals surface area (Å²) in [7, 11) is 1.24. The Morgan fingerprint density at radius 3 is 2.40 bits per heavy atom. The molecule has 114 valence electrons. The van der Waals surface area contributed by atoms with Gasteiger partial charge in [-0.25, -0.2) is 4.79 Å². The lowest BCUT2D eigenvalue weighted by molar-refractivity contribution is -0.144. The number of ketones is 1. The second kappa shape index (κ2) is 6.72. The first kappa shape index (κ1) is 16.5. The van der Waals surface area contributed by atoms with Gasteiger partial charge < -0.3 is 9.47 Å². The van der Waals surface area contributed by atoms with Gasteiger partial charge in [-0.05, 0) is 40.0 Å². The Labute approximate surface area is 119 Å². The number of piperidine rings is 1. The van der Waals surface area contributed by atoms with Crippen molar-refractivity contribution in [2.75, 3.05) is 13.7 Å². The quantitative estimate of drug-likeness (QED) is 0.585. The summed E-state index contributed by atoms with van der Waals surface area (Å²) in [5.41, 5.74) is -0.607. The summed E-state index contributed by atoms with van der Waals surface area (Å²) in [5.74, 6) is -0.868. The summed E-state index contributed by atoms with van der Waals surface area (Å²) in [4.78, 5) is 36.8. The van der Waals surface area contributed by atoms with Crippen LogP contribution >= 0.6 is 0 Å². The van der Waals surface area contributed by atoms with Crippen LogP contribution in [0.3, 0.4) is 0 Å². The van der Waals surface area contributed by atoms with Gasteiger partial charge in [0, 0.05) is 6.54 Å². The van der Waals surface area contributed by atoms with Crippen molar-refractivity contribution in [1.29, 1.82) is 0 Å². The molecule has 1 fully saturated rings. The number of ether oxygens (including phenoxy) is 2. The van der Waals surface area contributed by atoms with Crippen LogP contribution in [0.1, 0.15) is 46.5 Å². The molecule has 1 heterocycles. The van der Waals surface area contributed by atoms with E-state index in [9.17, 15) is 14.4 Å². The van der Waals surface area contributed by atoms with E-state index in [0.717, 1.165) is 12.8 Å². The first-order valence-corrected chi connectivity index (χ1v) is 6.84. The van der Waals surface area contributed by atoms with E-state index >= 15 is 0 Å².